The molecule has 0 radical (unpaired) electrons. The smallest absolute Gasteiger partial charge is 0.307 e. The summed E-state index contributed by atoms with van der Waals surface area (Å²) in [5.41, 5.74) is 2.63. The summed E-state index contributed by atoms with van der Waals surface area (Å²) in [6.45, 7) is 6.45. The quantitative estimate of drug-likeness (QED) is 0.734. The molecule has 140 valence electrons. The van der Waals surface area contributed by atoms with Gasteiger partial charge in [-0.3, -0.25) is 19.6 Å². The monoisotopic (exact) mass is 371 g/mol. The summed E-state index contributed by atoms with van der Waals surface area (Å²) in [5.74, 6) is -0.201. The van der Waals surface area contributed by atoms with E-state index in [1.807, 2.05) is 11.8 Å². The Balaban J connectivity index is 0.00000225. The van der Waals surface area contributed by atoms with Gasteiger partial charge >= 0.3 is 5.97 Å². The van der Waals surface area contributed by atoms with Crippen molar-refractivity contribution < 1.29 is 14.3 Å². The van der Waals surface area contributed by atoms with Gasteiger partial charge in [-0.15, -0.1) is 12.4 Å². The average molecular weight is 372 g/mol. The third-order valence-corrected chi connectivity index (χ3v) is 4.92. The number of nitrogens with zero attached hydrogens (tertiary/aromatic N) is 3. The number of ether oxygens (including phenoxy) is 1. The number of carbonyl (C=O) groups is 2. The fourth-order valence-electron chi connectivity index (χ4n) is 3.37. The van der Waals surface area contributed by atoms with Crippen molar-refractivity contribution in [3.05, 3.63) is 17.0 Å². The van der Waals surface area contributed by atoms with Crippen molar-refractivity contribution in [2.45, 2.75) is 32.4 Å². The predicted molar refractivity (Wildman–Crippen MR) is 94.8 cm³/mol. The summed E-state index contributed by atoms with van der Waals surface area (Å²) in [6.07, 6.45) is 1.26. The van der Waals surface area contributed by atoms with Gasteiger partial charge in [-0.05, 0) is 6.92 Å². The van der Waals surface area contributed by atoms with Gasteiger partial charge in [0.1, 0.15) is 0 Å². The number of esters is 1. The van der Waals surface area contributed by atoms with Gasteiger partial charge < -0.3 is 15.0 Å². The first-order valence-electron chi connectivity index (χ1n) is 8.47. The number of hydrogen-bond donors (Lipinski definition) is 2. The number of hydrogen-bond acceptors (Lipinski definition) is 6. The molecule has 3 rings (SSSR count). The molecule has 2 N–H and O–H groups in total. The number of nitrogens with one attached hydrogen (secondary N) is 2. The van der Waals surface area contributed by atoms with Crippen LogP contribution in [-0.4, -0.2) is 77.7 Å². The van der Waals surface area contributed by atoms with E-state index in [2.05, 4.69) is 20.4 Å². The van der Waals surface area contributed by atoms with Gasteiger partial charge in [-0.25, -0.2) is 0 Å². The van der Waals surface area contributed by atoms with Crippen LogP contribution in [0.3, 0.4) is 0 Å². The lowest BCUT2D eigenvalue weighted by atomic mass is 10.1. The lowest BCUT2D eigenvalue weighted by Gasteiger charge is -2.37. The maximum absolute atomic E-state index is 12.8. The molecule has 1 aromatic rings. The molecular formula is C16H26ClN5O3. The van der Waals surface area contributed by atoms with Crippen LogP contribution in [0.15, 0.2) is 0 Å². The third-order valence-electron chi connectivity index (χ3n) is 4.92. The molecule has 1 fully saturated rings. The lowest BCUT2D eigenvalue weighted by molar-refractivity contribution is -0.142. The minimum atomic E-state index is -0.198. The zero-order valence-corrected chi connectivity index (χ0v) is 15.5. The molecule has 1 atom stereocenters. The zero-order valence-electron chi connectivity index (χ0n) is 14.7. The lowest BCUT2D eigenvalue weighted by Crippen LogP contribution is -2.52. The Morgan fingerprint density at radius 1 is 1.28 bits per heavy atom. The van der Waals surface area contributed by atoms with Crippen LogP contribution in [0.25, 0.3) is 0 Å². The van der Waals surface area contributed by atoms with E-state index >= 15 is 0 Å². The largest absolute Gasteiger partial charge is 0.469 e. The Kier molecular flexibility index (Phi) is 6.80. The molecule has 9 heteroatoms. The van der Waals surface area contributed by atoms with Crippen molar-refractivity contribution in [1.29, 1.82) is 0 Å². The Morgan fingerprint density at radius 2 is 2.00 bits per heavy atom. The van der Waals surface area contributed by atoms with Crippen LogP contribution in [0.5, 0.6) is 0 Å². The van der Waals surface area contributed by atoms with Gasteiger partial charge in [0.2, 0.25) is 0 Å². The van der Waals surface area contributed by atoms with E-state index in [-0.39, 0.29) is 30.3 Å². The topological polar surface area (TPSA) is 90.6 Å². The molecule has 2 aliphatic rings. The van der Waals surface area contributed by atoms with Gasteiger partial charge in [0.15, 0.2) is 5.69 Å². The first-order valence-corrected chi connectivity index (χ1v) is 8.47. The number of H-pyrrole nitrogens is 1. The van der Waals surface area contributed by atoms with Crippen LogP contribution in [0.2, 0.25) is 0 Å². The number of carbonyl (C=O) groups excluding carboxylic acids is 2. The van der Waals surface area contributed by atoms with Gasteiger partial charge in [-0.2, -0.15) is 5.10 Å². The second-order valence-electron chi connectivity index (χ2n) is 6.41. The summed E-state index contributed by atoms with van der Waals surface area (Å²) < 4.78 is 4.73. The number of rotatable bonds is 4. The summed E-state index contributed by atoms with van der Waals surface area (Å²) >= 11 is 0. The van der Waals surface area contributed by atoms with Crippen molar-refractivity contribution in [2.75, 3.05) is 39.8 Å². The van der Waals surface area contributed by atoms with Gasteiger partial charge in [0, 0.05) is 63.0 Å². The third kappa shape index (κ3) is 4.31. The molecule has 2 aliphatic heterocycles. The minimum absolute atomic E-state index is 0. The summed E-state index contributed by atoms with van der Waals surface area (Å²) in [7, 11) is 1.41. The Hall–Kier alpha value is -1.64. The number of amides is 1. The van der Waals surface area contributed by atoms with Gasteiger partial charge in [-0.1, -0.05) is 0 Å². The number of aromatic nitrogens is 2. The van der Waals surface area contributed by atoms with E-state index in [0.29, 0.717) is 31.7 Å². The fourth-order valence-corrected chi connectivity index (χ4v) is 3.37. The van der Waals surface area contributed by atoms with E-state index in [1.165, 1.54) is 7.11 Å². The van der Waals surface area contributed by atoms with E-state index in [9.17, 15) is 9.59 Å². The fraction of sp³-hybridized carbons (Fsp3) is 0.688. The van der Waals surface area contributed by atoms with Crippen LogP contribution in [0, 0.1) is 0 Å². The van der Waals surface area contributed by atoms with Crippen molar-refractivity contribution >= 4 is 24.3 Å². The normalized spacial score (nSPS) is 18.9. The molecule has 1 unspecified atom stereocenters. The van der Waals surface area contributed by atoms with Crippen molar-refractivity contribution in [2.24, 2.45) is 0 Å². The average Bonchev–Trinajstić information content (AvgIpc) is 3.05. The molecule has 0 aromatic carbocycles. The number of piperazine rings is 1. The number of aromatic amines is 1. The van der Waals surface area contributed by atoms with Crippen LogP contribution < -0.4 is 5.32 Å². The van der Waals surface area contributed by atoms with Crippen LogP contribution >= 0.6 is 12.4 Å². The molecule has 1 aromatic heterocycles. The van der Waals surface area contributed by atoms with E-state index < -0.39 is 0 Å². The first kappa shape index (κ1) is 19.7. The summed E-state index contributed by atoms with van der Waals surface area (Å²) in [4.78, 5) is 28.2. The second-order valence-corrected chi connectivity index (χ2v) is 6.41. The summed E-state index contributed by atoms with van der Waals surface area (Å²) in [6, 6.07) is 0.122. The van der Waals surface area contributed by atoms with E-state index in [0.717, 1.165) is 37.3 Å². The van der Waals surface area contributed by atoms with Crippen molar-refractivity contribution in [3.8, 4) is 0 Å². The number of fused-ring (bicyclic) bond motifs is 1. The van der Waals surface area contributed by atoms with Gasteiger partial charge in [0.25, 0.3) is 5.91 Å². The van der Waals surface area contributed by atoms with E-state index in [1.54, 1.807) is 0 Å². The van der Waals surface area contributed by atoms with Crippen LogP contribution in [-0.2, 0) is 22.5 Å². The molecule has 0 aliphatic carbocycles. The molecule has 3 heterocycles. The first-order chi connectivity index (χ1) is 11.6. The second kappa shape index (κ2) is 8.64. The standard InChI is InChI=1S/C16H25N5O3.ClH/c1-11(9-14(22)24-2)20-5-7-21(8-6-20)16(23)15-12-10-17-4-3-13(12)18-19-15;/h11,17H,3-10H2,1-2H3,(H,18,19);1H. The molecule has 1 amide bonds. The molecular weight excluding hydrogens is 346 g/mol. The molecule has 25 heavy (non-hydrogen) atoms. The maximum atomic E-state index is 12.8. The molecule has 0 saturated carbocycles. The number of methoxy groups -OCH3 is 1. The van der Waals surface area contributed by atoms with Crippen molar-refractivity contribution in [3.63, 3.8) is 0 Å². The molecule has 1 saturated heterocycles. The van der Waals surface area contributed by atoms with Gasteiger partial charge in [0.05, 0.1) is 13.5 Å². The highest BCUT2D eigenvalue weighted by molar-refractivity contribution is 5.94. The number of halogens is 1. The Morgan fingerprint density at radius 3 is 2.68 bits per heavy atom. The van der Waals surface area contributed by atoms with Crippen LogP contribution in [0.1, 0.15) is 35.1 Å². The maximum Gasteiger partial charge on any atom is 0.307 e. The highest BCUT2D eigenvalue weighted by Gasteiger charge is 2.29. The minimum Gasteiger partial charge on any atom is -0.469 e. The molecule has 8 nitrogen and oxygen atoms in total. The highest BCUT2D eigenvalue weighted by Crippen LogP contribution is 2.18. The van der Waals surface area contributed by atoms with E-state index in [4.69, 9.17) is 4.74 Å². The SMILES string of the molecule is COC(=O)CC(C)N1CCN(C(=O)c2n[nH]c3c2CNCC3)CC1.Cl. The highest BCUT2D eigenvalue weighted by atomic mass is 35.5. The molecule has 0 spiro atoms. The zero-order chi connectivity index (χ0) is 17.1. The van der Waals surface area contributed by atoms with Crippen LogP contribution in [0.4, 0.5) is 0 Å². The predicted octanol–water partition coefficient (Wildman–Crippen LogP) is 0.187. The Bertz CT molecular complexity index is 613. The van der Waals surface area contributed by atoms with Crippen molar-refractivity contribution in [1.82, 2.24) is 25.3 Å². The molecule has 0 bridgehead atoms. The Labute approximate surface area is 153 Å². The summed E-state index contributed by atoms with van der Waals surface area (Å²) in [5, 5.41) is 10.5.